The number of fused-ring (bicyclic) bond motifs is 2. The molecule has 2 aliphatic heterocycles. The van der Waals surface area contributed by atoms with E-state index in [0.717, 1.165) is 76.7 Å². The largest absolute Gasteiger partial charge is 0.444 e. The van der Waals surface area contributed by atoms with Gasteiger partial charge in [0.2, 0.25) is 5.91 Å². The van der Waals surface area contributed by atoms with Crippen molar-refractivity contribution in [2.24, 2.45) is 5.41 Å². The van der Waals surface area contributed by atoms with E-state index in [1.165, 1.54) is 17.7 Å². The van der Waals surface area contributed by atoms with Gasteiger partial charge in [-0.3, -0.25) is 4.79 Å². The number of hydrogen-bond acceptors (Lipinski definition) is 4. The second-order valence-corrected chi connectivity index (χ2v) is 11.8. The summed E-state index contributed by atoms with van der Waals surface area (Å²) in [5.74, 6) is 0.206. The van der Waals surface area contributed by atoms with Crippen molar-refractivity contribution in [3.05, 3.63) is 23.8 Å². The molecule has 0 radical (unpaired) electrons. The quantitative estimate of drug-likeness (QED) is 0.566. The summed E-state index contributed by atoms with van der Waals surface area (Å²) in [7, 11) is 1.84. The Hall–Kier alpha value is -2.24. The van der Waals surface area contributed by atoms with Gasteiger partial charge < -0.3 is 19.9 Å². The summed E-state index contributed by atoms with van der Waals surface area (Å²) in [5.41, 5.74) is 2.97. The fourth-order valence-corrected chi connectivity index (χ4v) is 6.11. The predicted molar refractivity (Wildman–Crippen MR) is 137 cm³/mol. The van der Waals surface area contributed by atoms with E-state index in [0.29, 0.717) is 0 Å². The maximum absolute atomic E-state index is 12.9. The lowest BCUT2D eigenvalue weighted by Gasteiger charge is -2.43. The lowest BCUT2D eigenvalue weighted by atomic mass is 9.70. The zero-order valence-corrected chi connectivity index (χ0v) is 21.8. The van der Waals surface area contributed by atoms with Crippen molar-refractivity contribution in [2.45, 2.75) is 96.5 Å². The van der Waals surface area contributed by atoms with Gasteiger partial charge in [0.1, 0.15) is 5.60 Å². The Morgan fingerprint density at radius 1 is 1.12 bits per heavy atom. The molecule has 1 aromatic carbocycles. The first kappa shape index (κ1) is 24.9. The molecule has 2 amide bonds. The van der Waals surface area contributed by atoms with Crippen LogP contribution in [0.3, 0.4) is 0 Å². The number of rotatable bonds is 5. The van der Waals surface area contributed by atoms with E-state index >= 15 is 0 Å². The number of ether oxygens (including phenoxy) is 1. The van der Waals surface area contributed by atoms with E-state index in [9.17, 15) is 9.59 Å². The van der Waals surface area contributed by atoms with Crippen LogP contribution in [-0.4, -0.2) is 49.2 Å². The summed E-state index contributed by atoms with van der Waals surface area (Å²) in [6, 6.07) is 6.59. The van der Waals surface area contributed by atoms with Gasteiger partial charge in [-0.05, 0) is 82.1 Å². The normalized spacial score (nSPS) is 21.2. The van der Waals surface area contributed by atoms with Crippen molar-refractivity contribution < 1.29 is 14.3 Å². The predicted octanol–water partition coefficient (Wildman–Crippen LogP) is 6.09. The molecule has 1 saturated heterocycles. The van der Waals surface area contributed by atoms with Crippen molar-refractivity contribution in [2.75, 3.05) is 36.9 Å². The van der Waals surface area contributed by atoms with Crippen LogP contribution >= 0.6 is 0 Å². The highest BCUT2D eigenvalue weighted by Crippen LogP contribution is 2.49. The van der Waals surface area contributed by atoms with E-state index in [4.69, 9.17) is 4.74 Å². The molecule has 2 heterocycles. The topological polar surface area (TPSA) is 61.9 Å². The molecule has 1 spiro atoms. The molecule has 6 nitrogen and oxygen atoms in total. The molecule has 3 aliphatic rings. The van der Waals surface area contributed by atoms with Gasteiger partial charge in [-0.15, -0.1) is 0 Å². The second kappa shape index (κ2) is 9.43. The highest BCUT2D eigenvalue weighted by Gasteiger charge is 2.47. The number of carbonyl (C=O) groups is 2. The van der Waals surface area contributed by atoms with Crippen LogP contribution in [0.4, 0.5) is 16.2 Å². The third kappa shape index (κ3) is 4.92. The zero-order valence-electron chi connectivity index (χ0n) is 21.8. The van der Waals surface area contributed by atoms with E-state index in [2.05, 4.69) is 35.3 Å². The van der Waals surface area contributed by atoms with Crippen LogP contribution < -0.4 is 10.2 Å². The zero-order chi connectivity index (χ0) is 24.6. The van der Waals surface area contributed by atoms with Crippen molar-refractivity contribution in [3.63, 3.8) is 0 Å². The Morgan fingerprint density at radius 2 is 1.79 bits per heavy atom. The summed E-state index contributed by atoms with van der Waals surface area (Å²) in [6.07, 6.45) is 9.56. The van der Waals surface area contributed by atoms with Crippen LogP contribution in [0.1, 0.15) is 91.0 Å². The van der Waals surface area contributed by atoms with Gasteiger partial charge in [0.25, 0.3) is 0 Å². The molecule has 34 heavy (non-hydrogen) atoms. The van der Waals surface area contributed by atoms with Crippen LogP contribution in [0.5, 0.6) is 0 Å². The fraction of sp³-hybridized carbons (Fsp3) is 0.714. The Labute approximate surface area is 205 Å². The highest BCUT2D eigenvalue weighted by atomic mass is 16.6. The Kier molecular flexibility index (Phi) is 6.90. The number of nitrogens with one attached hydrogen (secondary N) is 1. The lowest BCUT2D eigenvalue weighted by molar-refractivity contribution is -0.121. The molecule has 4 rings (SSSR count). The Balaban J connectivity index is 1.39. The number of carbonyl (C=O) groups excluding carboxylic acids is 2. The molecule has 188 valence electrons. The van der Waals surface area contributed by atoms with Crippen molar-refractivity contribution in [1.82, 2.24) is 4.90 Å². The van der Waals surface area contributed by atoms with E-state index in [1.807, 2.05) is 27.8 Å². The van der Waals surface area contributed by atoms with Gasteiger partial charge in [0.15, 0.2) is 0 Å². The highest BCUT2D eigenvalue weighted by molar-refractivity contribution is 6.06. The molecule has 1 saturated carbocycles. The monoisotopic (exact) mass is 469 g/mol. The van der Waals surface area contributed by atoms with Crippen LogP contribution in [-0.2, 0) is 14.9 Å². The van der Waals surface area contributed by atoms with Gasteiger partial charge in [-0.25, -0.2) is 4.79 Å². The summed E-state index contributed by atoms with van der Waals surface area (Å²) in [5, 5.41) is 3.16. The van der Waals surface area contributed by atoms with Crippen LogP contribution in [0.25, 0.3) is 0 Å². The summed E-state index contributed by atoms with van der Waals surface area (Å²) in [4.78, 5) is 29.5. The molecular formula is C28H43N3O3. The number of anilines is 2. The number of amides is 2. The third-order valence-corrected chi connectivity index (χ3v) is 8.53. The minimum absolute atomic E-state index is 0.206. The summed E-state index contributed by atoms with van der Waals surface area (Å²) >= 11 is 0. The number of benzene rings is 1. The Morgan fingerprint density at radius 3 is 2.41 bits per heavy atom. The average Bonchev–Trinajstić information content (AvgIpc) is 3.07. The first-order chi connectivity index (χ1) is 16.1. The third-order valence-electron chi connectivity index (χ3n) is 8.53. The number of piperidine rings is 1. The minimum atomic E-state index is -0.467. The second-order valence-electron chi connectivity index (χ2n) is 11.8. The molecule has 1 N–H and O–H groups in total. The molecule has 0 atom stereocenters. The summed E-state index contributed by atoms with van der Waals surface area (Å²) in [6.45, 7) is 10.7. The van der Waals surface area contributed by atoms with Crippen LogP contribution in [0, 0.1) is 5.41 Å². The first-order valence-corrected chi connectivity index (χ1v) is 13.2. The molecule has 1 aromatic rings. The minimum Gasteiger partial charge on any atom is -0.444 e. The van der Waals surface area contributed by atoms with Gasteiger partial charge in [0, 0.05) is 38.1 Å². The molecular weight excluding hydrogens is 426 g/mol. The van der Waals surface area contributed by atoms with E-state index < -0.39 is 5.60 Å². The smallest absolute Gasteiger partial charge is 0.410 e. The first-order valence-electron chi connectivity index (χ1n) is 13.2. The molecule has 1 aliphatic carbocycles. The lowest BCUT2D eigenvalue weighted by Crippen LogP contribution is -2.42. The molecule has 6 heteroatoms. The standard InChI is InChI=1S/C28H43N3O3/c1-6-27(14-17-30(5)25(33)34-26(2,3)4)15-18-31(19-16-27)21-10-11-23-22(20-21)28(24(32)29-23)12-8-7-9-13-28/h10-11,20H,6-9,12-19H2,1-5H3,(H,29,32). The number of hydrogen-bond donors (Lipinski definition) is 1. The van der Waals surface area contributed by atoms with Gasteiger partial charge in [-0.1, -0.05) is 32.6 Å². The Bertz CT molecular complexity index is 906. The fourth-order valence-electron chi connectivity index (χ4n) is 6.11. The van der Waals surface area contributed by atoms with Crippen LogP contribution in [0.2, 0.25) is 0 Å². The SMILES string of the molecule is CCC1(CCN(C)C(=O)OC(C)(C)C)CCN(c2ccc3c(c2)C2(CCCCC2)C(=O)N3)CC1. The average molecular weight is 470 g/mol. The number of nitrogens with zero attached hydrogens (tertiary/aromatic N) is 2. The maximum atomic E-state index is 12.9. The van der Waals surface area contributed by atoms with Gasteiger partial charge in [0.05, 0.1) is 5.41 Å². The van der Waals surface area contributed by atoms with E-state index in [1.54, 1.807) is 4.90 Å². The van der Waals surface area contributed by atoms with E-state index in [-0.39, 0.29) is 22.8 Å². The molecule has 0 aromatic heterocycles. The van der Waals surface area contributed by atoms with Gasteiger partial charge >= 0.3 is 6.09 Å². The molecule has 0 bridgehead atoms. The molecule has 0 unspecified atom stereocenters. The maximum Gasteiger partial charge on any atom is 0.410 e. The van der Waals surface area contributed by atoms with Crippen molar-refractivity contribution >= 4 is 23.4 Å². The summed E-state index contributed by atoms with van der Waals surface area (Å²) < 4.78 is 5.52. The molecule has 2 fully saturated rings. The van der Waals surface area contributed by atoms with Crippen molar-refractivity contribution in [3.8, 4) is 0 Å². The van der Waals surface area contributed by atoms with Crippen LogP contribution in [0.15, 0.2) is 18.2 Å². The van der Waals surface area contributed by atoms with Gasteiger partial charge in [-0.2, -0.15) is 0 Å². The van der Waals surface area contributed by atoms with Crippen molar-refractivity contribution in [1.29, 1.82) is 0 Å².